The van der Waals surface area contributed by atoms with Crippen LogP contribution in [0, 0.1) is 0 Å². The van der Waals surface area contributed by atoms with E-state index in [4.69, 9.17) is 0 Å². The SMILES string of the molecule is CN=C(NCC(C)(C)SC)NC1CCN(CC(F)(F)F)C1. The minimum Gasteiger partial charge on any atom is -0.355 e. The number of aliphatic imine (C=N–C) groups is 1. The highest BCUT2D eigenvalue weighted by molar-refractivity contribution is 7.99. The molecule has 0 aliphatic carbocycles. The fourth-order valence-corrected chi connectivity index (χ4v) is 2.32. The number of nitrogens with zero attached hydrogens (tertiary/aromatic N) is 2. The first-order chi connectivity index (χ1) is 9.65. The van der Waals surface area contributed by atoms with Crippen molar-refractivity contribution in [2.75, 3.05) is 39.5 Å². The van der Waals surface area contributed by atoms with Crippen LogP contribution in [0.4, 0.5) is 13.2 Å². The normalized spacial score (nSPS) is 21.7. The van der Waals surface area contributed by atoms with Crippen molar-refractivity contribution in [3.8, 4) is 0 Å². The van der Waals surface area contributed by atoms with Gasteiger partial charge in [-0.05, 0) is 26.5 Å². The van der Waals surface area contributed by atoms with Crippen molar-refractivity contribution < 1.29 is 13.2 Å². The van der Waals surface area contributed by atoms with Gasteiger partial charge in [0.1, 0.15) is 0 Å². The van der Waals surface area contributed by atoms with E-state index in [1.165, 1.54) is 4.90 Å². The maximum absolute atomic E-state index is 12.4. The molecule has 1 saturated heterocycles. The van der Waals surface area contributed by atoms with E-state index in [1.807, 2.05) is 6.26 Å². The zero-order valence-electron chi connectivity index (χ0n) is 13.0. The van der Waals surface area contributed by atoms with Gasteiger partial charge in [-0.15, -0.1) is 0 Å². The minimum absolute atomic E-state index is 0.0101. The van der Waals surface area contributed by atoms with Gasteiger partial charge >= 0.3 is 6.18 Å². The monoisotopic (exact) mass is 326 g/mol. The van der Waals surface area contributed by atoms with Crippen LogP contribution in [0.15, 0.2) is 4.99 Å². The molecule has 124 valence electrons. The summed E-state index contributed by atoms with van der Waals surface area (Å²) in [6, 6.07) is 0.0101. The van der Waals surface area contributed by atoms with E-state index in [1.54, 1.807) is 18.8 Å². The summed E-state index contributed by atoms with van der Waals surface area (Å²) in [5.74, 6) is 0.649. The number of hydrogen-bond donors (Lipinski definition) is 2. The Bertz CT molecular complexity index is 358. The van der Waals surface area contributed by atoms with Gasteiger partial charge in [0.2, 0.25) is 0 Å². The Balaban J connectivity index is 2.39. The lowest BCUT2D eigenvalue weighted by Crippen LogP contribution is -2.48. The Morgan fingerprint density at radius 1 is 1.38 bits per heavy atom. The van der Waals surface area contributed by atoms with Crippen LogP contribution in [0.2, 0.25) is 0 Å². The van der Waals surface area contributed by atoms with E-state index in [9.17, 15) is 13.2 Å². The number of alkyl halides is 3. The van der Waals surface area contributed by atoms with Crippen LogP contribution >= 0.6 is 11.8 Å². The van der Waals surface area contributed by atoms with Crippen molar-refractivity contribution in [1.82, 2.24) is 15.5 Å². The molecule has 0 aromatic rings. The lowest BCUT2D eigenvalue weighted by Gasteiger charge is -2.25. The number of rotatable bonds is 5. The molecule has 0 radical (unpaired) electrons. The molecule has 0 spiro atoms. The van der Waals surface area contributed by atoms with Crippen LogP contribution in [0.3, 0.4) is 0 Å². The van der Waals surface area contributed by atoms with Crippen LogP contribution in [0.25, 0.3) is 0 Å². The number of likely N-dealkylation sites (tertiary alicyclic amines) is 1. The van der Waals surface area contributed by atoms with E-state index in [0.717, 1.165) is 6.54 Å². The predicted octanol–water partition coefficient (Wildman–Crippen LogP) is 1.93. The molecule has 1 aliphatic heterocycles. The van der Waals surface area contributed by atoms with Gasteiger partial charge < -0.3 is 10.6 Å². The molecule has 1 atom stereocenters. The molecular formula is C13H25F3N4S. The maximum Gasteiger partial charge on any atom is 0.401 e. The summed E-state index contributed by atoms with van der Waals surface area (Å²) in [5, 5.41) is 6.43. The molecule has 8 heteroatoms. The number of nitrogens with one attached hydrogen (secondary N) is 2. The molecule has 1 rings (SSSR count). The van der Waals surface area contributed by atoms with E-state index >= 15 is 0 Å². The molecule has 0 saturated carbocycles. The molecule has 4 nitrogen and oxygen atoms in total. The van der Waals surface area contributed by atoms with Crippen molar-refractivity contribution in [2.45, 2.75) is 37.2 Å². The van der Waals surface area contributed by atoms with E-state index < -0.39 is 12.7 Å². The quantitative estimate of drug-likeness (QED) is 0.598. The highest BCUT2D eigenvalue weighted by Crippen LogP contribution is 2.20. The largest absolute Gasteiger partial charge is 0.401 e. The van der Waals surface area contributed by atoms with E-state index in [0.29, 0.717) is 25.5 Å². The van der Waals surface area contributed by atoms with Crippen LogP contribution in [0.5, 0.6) is 0 Å². The number of thioether (sulfide) groups is 1. The summed E-state index contributed by atoms with van der Waals surface area (Å²) >= 11 is 1.75. The van der Waals surface area contributed by atoms with Gasteiger partial charge in [0.15, 0.2) is 5.96 Å². The summed E-state index contributed by atoms with van der Waals surface area (Å²) in [6.07, 6.45) is -1.39. The first-order valence-electron chi connectivity index (χ1n) is 6.96. The Morgan fingerprint density at radius 3 is 2.57 bits per heavy atom. The molecule has 21 heavy (non-hydrogen) atoms. The molecule has 0 aromatic carbocycles. The summed E-state index contributed by atoms with van der Waals surface area (Å²) < 4.78 is 37.1. The van der Waals surface area contributed by atoms with Gasteiger partial charge in [-0.3, -0.25) is 9.89 Å². The third-order valence-corrected chi connectivity index (χ3v) is 4.72. The van der Waals surface area contributed by atoms with Gasteiger partial charge in [0.05, 0.1) is 6.54 Å². The summed E-state index contributed by atoms with van der Waals surface area (Å²) in [7, 11) is 1.67. The molecule has 1 heterocycles. The number of halogens is 3. The van der Waals surface area contributed by atoms with Crippen LogP contribution in [0.1, 0.15) is 20.3 Å². The van der Waals surface area contributed by atoms with E-state index in [2.05, 4.69) is 29.5 Å². The second kappa shape index (κ2) is 7.58. The highest BCUT2D eigenvalue weighted by Gasteiger charge is 2.34. The lowest BCUT2D eigenvalue weighted by molar-refractivity contribution is -0.143. The van der Waals surface area contributed by atoms with Gasteiger partial charge in [-0.25, -0.2) is 0 Å². The summed E-state index contributed by atoms with van der Waals surface area (Å²) in [4.78, 5) is 5.56. The van der Waals surface area contributed by atoms with Crippen molar-refractivity contribution in [3.05, 3.63) is 0 Å². The molecule has 1 unspecified atom stereocenters. The summed E-state index contributed by atoms with van der Waals surface area (Å²) in [5.41, 5.74) is 0. The van der Waals surface area contributed by atoms with Gasteiger partial charge in [-0.1, -0.05) is 0 Å². The zero-order chi connectivity index (χ0) is 16.1. The van der Waals surface area contributed by atoms with Crippen molar-refractivity contribution in [2.24, 2.45) is 4.99 Å². The topological polar surface area (TPSA) is 39.7 Å². The Morgan fingerprint density at radius 2 is 2.05 bits per heavy atom. The van der Waals surface area contributed by atoms with Crippen LogP contribution < -0.4 is 10.6 Å². The molecule has 0 amide bonds. The molecular weight excluding hydrogens is 301 g/mol. The minimum atomic E-state index is -4.13. The fraction of sp³-hybridized carbons (Fsp3) is 0.923. The van der Waals surface area contributed by atoms with Crippen molar-refractivity contribution >= 4 is 17.7 Å². The number of hydrogen-bond acceptors (Lipinski definition) is 3. The first kappa shape index (κ1) is 18.4. The summed E-state index contributed by atoms with van der Waals surface area (Å²) in [6.45, 7) is 5.01. The second-order valence-corrected chi connectivity index (χ2v) is 7.38. The number of guanidine groups is 1. The van der Waals surface area contributed by atoms with Gasteiger partial charge in [-0.2, -0.15) is 24.9 Å². The third kappa shape index (κ3) is 7.26. The second-order valence-electron chi connectivity index (χ2n) is 5.87. The van der Waals surface area contributed by atoms with E-state index in [-0.39, 0.29) is 10.8 Å². The average molecular weight is 326 g/mol. The molecule has 0 aromatic heterocycles. The fourth-order valence-electron chi connectivity index (χ4n) is 2.10. The van der Waals surface area contributed by atoms with Gasteiger partial charge in [0.25, 0.3) is 0 Å². The molecule has 0 bridgehead atoms. The highest BCUT2D eigenvalue weighted by atomic mass is 32.2. The maximum atomic E-state index is 12.4. The van der Waals surface area contributed by atoms with Gasteiger partial charge in [0, 0.05) is 37.5 Å². The smallest absolute Gasteiger partial charge is 0.355 e. The molecule has 2 N–H and O–H groups in total. The standard InChI is InChI=1S/C13H25F3N4S/c1-12(2,21-4)8-18-11(17-3)19-10-5-6-20(7-10)9-13(14,15)16/h10H,5-9H2,1-4H3,(H2,17,18,19). The van der Waals surface area contributed by atoms with Crippen molar-refractivity contribution in [1.29, 1.82) is 0 Å². The van der Waals surface area contributed by atoms with Crippen LogP contribution in [-0.2, 0) is 0 Å². The lowest BCUT2D eigenvalue weighted by atomic mass is 10.2. The molecule has 1 aliphatic rings. The predicted molar refractivity (Wildman–Crippen MR) is 83.0 cm³/mol. The average Bonchev–Trinajstić information content (AvgIpc) is 2.79. The first-order valence-corrected chi connectivity index (χ1v) is 8.19. The molecule has 1 fully saturated rings. The third-order valence-electron chi connectivity index (χ3n) is 3.47. The Labute approximate surface area is 128 Å². The van der Waals surface area contributed by atoms with Crippen molar-refractivity contribution in [3.63, 3.8) is 0 Å². The van der Waals surface area contributed by atoms with Crippen LogP contribution in [-0.4, -0.2) is 67.3 Å². The Hall–Kier alpha value is -0.630. The zero-order valence-corrected chi connectivity index (χ0v) is 13.9. The Kier molecular flexibility index (Phi) is 6.65.